The van der Waals surface area contributed by atoms with Crippen LogP contribution in [0.5, 0.6) is 0 Å². The maximum Gasteiger partial charge on any atom is 0.417 e. The lowest BCUT2D eigenvalue weighted by molar-refractivity contribution is -0.137. The maximum atomic E-state index is 13.0. The van der Waals surface area contributed by atoms with Crippen LogP contribution in [-0.4, -0.2) is 39.0 Å². The summed E-state index contributed by atoms with van der Waals surface area (Å²) in [7, 11) is -3.97. The number of nitrogens with zero attached hydrogens (tertiary/aromatic N) is 1. The van der Waals surface area contributed by atoms with Crippen LogP contribution in [0.3, 0.4) is 0 Å². The number of halogens is 4. The minimum Gasteiger partial charge on any atom is -0.381 e. The smallest absolute Gasteiger partial charge is 0.381 e. The minimum absolute atomic E-state index is 0.0986. The Hall–Kier alpha value is -0.830. The van der Waals surface area contributed by atoms with E-state index in [1.165, 1.54) is 4.31 Å². The van der Waals surface area contributed by atoms with E-state index < -0.39 is 26.8 Å². The molecule has 0 atom stereocenters. The predicted octanol–water partition coefficient (Wildman–Crippen LogP) is 3.94. The molecule has 2 saturated heterocycles. The summed E-state index contributed by atoms with van der Waals surface area (Å²) in [6.07, 6.45) is -1.48. The van der Waals surface area contributed by atoms with E-state index in [4.69, 9.17) is 16.3 Å². The molecule has 0 aromatic heterocycles. The van der Waals surface area contributed by atoms with Gasteiger partial charge in [-0.3, -0.25) is 0 Å². The van der Waals surface area contributed by atoms with Crippen LogP contribution in [0.1, 0.15) is 31.2 Å². The number of ether oxygens (including phenoxy) is 1. The highest BCUT2D eigenvalue weighted by atomic mass is 35.5. The first-order valence-electron chi connectivity index (χ1n) is 8.09. The molecule has 9 heteroatoms. The molecule has 1 spiro atoms. The van der Waals surface area contributed by atoms with Gasteiger partial charge in [0.15, 0.2) is 0 Å². The number of hydrogen-bond acceptors (Lipinski definition) is 3. The molecule has 0 saturated carbocycles. The Morgan fingerprint density at radius 1 is 1.08 bits per heavy atom. The predicted molar refractivity (Wildman–Crippen MR) is 86.9 cm³/mol. The van der Waals surface area contributed by atoms with Gasteiger partial charge >= 0.3 is 6.18 Å². The van der Waals surface area contributed by atoms with Gasteiger partial charge in [0.25, 0.3) is 0 Å². The van der Waals surface area contributed by atoms with E-state index in [-0.39, 0.29) is 10.3 Å². The van der Waals surface area contributed by atoms with Crippen molar-refractivity contribution in [1.82, 2.24) is 4.31 Å². The lowest BCUT2D eigenvalue weighted by Crippen LogP contribution is -2.45. The average molecular weight is 398 g/mol. The van der Waals surface area contributed by atoms with Gasteiger partial charge < -0.3 is 4.74 Å². The number of sulfonamides is 1. The fourth-order valence-corrected chi connectivity index (χ4v) is 5.23. The zero-order valence-corrected chi connectivity index (χ0v) is 15.1. The molecule has 0 aliphatic carbocycles. The third-order valence-electron chi connectivity index (χ3n) is 5.22. The quantitative estimate of drug-likeness (QED) is 0.759. The molecule has 0 unspecified atom stereocenters. The Bertz CT molecular complexity index is 735. The van der Waals surface area contributed by atoms with Gasteiger partial charge in [-0.25, -0.2) is 8.42 Å². The SMILES string of the molecule is O=S(=O)(c1ccc(Cl)c(C(F)(F)F)c1)N1CCC2(CCOCC2)CC1. The van der Waals surface area contributed by atoms with Crippen molar-refractivity contribution in [2.45, 2.75) is 36.8 Å². The van der Waals surface area contributed by atoms with E-state index in [2.05, 4.69) is 0 Å². The number of rotatable bonds is 2. The zero-order valence-electron chi connectivity index (χ0n) is 13.5. The van der Waals surface area contributed by atoms with Crippen molar-refractivity contribution in [3.05, 3.63) is 28.8 Å². The Morgan fingerprint density at radius 3 is 2.24 bits per heavy atom. The van der Waals surface area contributed by atoms with Gasteiger partial charge in [0.2, 0.25) is 10.0 Å². The van der Waals surface area contributed by atoms with E-state index in [9.17, 15) is 21.6 Å². The molecule has 4 nitrogen and oxygen atoms in total. The molecule has 0 bridgehead atoms. The molecule has 0 amide bonds. The largest absolute Gasteiger partial charge is 0.417 e. The summed E-state index contributed by atoms with van der Waals surface area (Å²) < 4.78 is 71.1. The van der Waals surface area contributed by atoms with Gasteiger partial charge in [-0.05, 0) is 49.3 Å². The van der Waals surface area contributed by atoms with Gasteiger partial charge in [0.05, 0.1) is 15.5 Å². The summed E-state index contributed by atoms with van der Waals surface area (Å²) in [5.74, 6) is 0. The van der Waals surface area contributed by atoms with Crippen molar-refractivity contribution in [2.75, 3.05) is 26.3 Å². The zero-order chi connectivity index (χ0) is 18.3. The summed E-state index contributed by atoms with van der Waals surface area (Å²) in [6, 6.07) is 2.74. The first-order valence-corrected chi connectivity index (χ1v) is 9.91. The lowest BCUT2D eigenvalue weighted by Gasteiger charge is -2.43. The van der Waals surface area contributed by atoms with Crippen LogP contribution in [0.25, 0.3) is 0 Å². The van der Waals surface area contributed by atoms with Crippen molar-refractivity contribution in [2.24, 2.45) is 5.41 Å². The monoisotopic (exact) mass is 397 g/mol. The fraction of sp³-hybridized carbons (Fsp3) is 0.625. The van der Waals surface area contributed by atoms with E-state index in [1.807, 2.05) is 0 Å². The van der Waals surface area contributed by atoms with Gasteiger partial charge in [-0.1, -0.05) is 11.6 Å². The second-order valence-corrected chi connectivity index (χ2v) is 9.00. The molecular weight excluding hydrogens is 379 g/mol. The van der Waals surface area contributed by atoms with Crippen LogP contribution in [-0.2, 0) is 20.9 Å². The second-order valence-electron chi connectivity index (χ2n) is 6.66. The molecule has 2 aliphatic heterocycles. The molecule has 1 aromatic rings. The number of benzene rings is 1. The molecule has 25 heavy (non-hydrogen) atoms. The average Bonchev–Trinajstić information content (AvgIpc) is 2.55. The molecule has 140 valence electrons. The highest BCUT2D eigenvalue weighted by Crippen LogP contribution is 2.42. The summed E-state index contributed by atoms with van der Waals surface area (Å²) in [5, 5.41) is -0.508. The van der Waals surface area contributed by atoms with Crippen molar-refractivity contribution >= 4 is 21.6 Å². The molecule has 2 aliphatic rings. The van der Waals surface area contributed by atoms with Crippen LogP contribution >= 0.6 is 11.6 Å². The van der Waals surface area contributed by atoms with Crippen molar-refractivity contribution in [3.63, 3.8) is 0 Å². The standard InChI is InChI=1S/C16H19ClF3NO3S/c17-14-2-1-12(11-13(14)16(18,19)20)25(22,23)21-7-3-15(4-8-21)5-9-24-10-6-15/h1-2,11H,3-10H2. The molecule has 0 radical (unpaired) electrons. The summed E-state index contributed by atoms with van der Waals surface area (Å²) >= 11 is 5.57. The molecule has 3 rings (SSSR count). The fourth-order valence-electron chi connectivity index (χ4n) is 3.54. The van der Waals surface area contributed by atoms with E-state index >= 15 is 0 Å². The van der Waals surface area contributed by atoms with Gasteiger partial charge in [0.1, 0.15) is 0 Å². The second kappa shape index (κ2) is 6.72. The molecule has 0 N–H and O–H groups in total. The molecule has 2 fully saturated rings. The Labute approximate surface area is 150 Å². The minimum atomic E-state index is -4.70. The maximum absolute atomic E-state index is 13.0. The summed E-state index contributed by atoms with van der Waals surface area (Å²) in [4.78, 5) is -0.368. The molecular formula is C16H19ClF3NO3S. The van der Waals surface area contributed by atoms with Gasteiger partial charge in [0, 0.05) is 26.3 Å². The van der Waals surface area contributed by atoms with Crippen molar-refractivity contribution < 1.29 is 26.3 Å². The third-order valence-corrected chi connectivity index (χ3v) is 7.44. The Balaban J connectivity index is 1.81. The number of piperidine rings is 1. The van der Waals surface area contributed by atoms with Crippen LogP contribution in [0, 0.1) is 5.41 Å². The number of hydrogen-bond donors (Lipinski definition) is 0. The number of alkyl halides is 3. The summed E-state index contributed by atoms with van der Waals surface area (Å²) in [6.45, 7) is 1.98. The van der Waals surface area contributed by atoms with Crippen LogP contribution in [0.15, 0.2) is 23.1 Å². The molecule has 1 aromatic carbocycles. The lowest BCUT2D eigenvalue weighted by atomic mass is 9.73. The molecule has 2 heterocycles. The van der Waals surface area contributed by atoms with Crippen molar-refractivity contribution in [3.8, 4) is 0 Å². The van der Waals surface area contributed by atoms with Gasteiger partial charge in [-0.2, -0.15) is 17.5 Å². The van der Waals surface area contributed by atoms with E-state index in [0.29, 0.717) is 45.2 Å². The highest BCUT2D eigenvalue weighted by molar-refractivity contribution is 7.89. The highest BCUT2D eigenvalue weighted by Gasteiger charge is 2.40. The first-order chi connectivity index (χ1) is 11.6. The van der Waals surface area contributed by atoms with Gasteiger partial charge in [-0.15, -0.1) is 0 Å². The van der Waals surface area contributed by atoms with E-state index in [1.54, 1.807) is 0 Å². The Kier molecular flexibility index (Phi) is 5.09. The normalized spacial score (nSPS) is 22.2. The third kappa shape index (κ3) is 3.82. The van der Waals surface area contributed by atoms with Crippen LogP contribution < -0.4 is 0 Å². The van der Waals surface area contributed by atoms with Crippen molar-refractivity contribution in [1.29, 1.82) is 0 Å². The van der Waals surface area contributed by atoms with E-state index in [0.717, 1.165) is 25.0 Å². The van der Waals surface area contributed by atoms with Crippen LogP contribution in [0.4, 0.5) is 13.2 Å². The first kappa shape index (κ1) is 18.9. The topological polar surface area (TPSA) is 46.6 Å². The van der Waals surface area contributed by atoms with Crippen LogP contribution in [0.2, 0.25) is 5.02 Å². The Morgan fingerprint density at radius 2 is 1.68 bits per heavy atom. The summed E-state index contributed by atoms with van der Waals surface area (Å²) in [5.41, 5.74) is -1.03.